The van der Waals surface area contributed by atoms with Crippen LogP contribution in [0.15, 0.2) is 0 Å². The van der Waals surface area contributed by atoms with Gasteiger partial charge in [0.1, 0.15) is 0 Å². The first-order valence-corrected chi connectivity index (χ1v) is 8.58. The molecule has 0 saturated heterocycles. The Morgan fingerprint density at radius 3 is 2.11 bits per heavy atom. The van der Waals surface area contributed by atoms with Crippen molar-refractivity contribution in [2.24, 2.45) is 23.2 Å². The molecule has 0 heterocycles. The van der Waals surface area contributed by atoms with Crippen LogP contribution in [0.5, 0.6) is 0 Å². The van der Waals surface area contributed by atoms with Crippen LogP contribution in [-0.2, 0) is 0 Å². The summed E-state index contributed by atoms with van der Waals surface area (Å²) < 4.78 is 0. The molecule has 0 aromatic rings. The van der Waals surface area contributed by atoms with Crippen molar-refractivity contribution in [1.29, 1.82) is 0 Å². The molecule has 2 heteroatoms. The fourth-order valence-corrected chi connectivity index (χ4v) is 5.50. The van der Waals surface area contributed by atoms with Gasteiger partial charge in [0.15, 0.2) is 0 Å². The van der Waals surface area contributed by atoms with E-state index in [1.54, 1.807) is 38.5 Å². The van der Waals surface area contributed by atoms with Crippen LogP contribution in [0, 0.1) is 23.2 Å². The monoisotopic (exact) mass is 264 g/mol. The Bertz CT molecular complexity index is 264. The van der Waals surface area contributed by atoms with Gasteiger partial charge in [0, 0.05) is 13.1 Å². The van der Waals surface area contributed by atoms with Crippen molar-refractivity contribution in [1.82, 2.24) is 10.2 Å². The topological polar surface area (TPSA) is 15.3 Å². The van der Waals surface area contributed by atoms with Crippen molar-refractivity contribution in [2.75, 3.05) is 33.2 Å². The molecule has 0 amide bonds. The molecule has 110 valence electrons. The standard InChI is InChI=1S/C17H32N2/c1-3-19(2)7-6-18-5-4-17-11-14-8-15(12-17)10-16(9-14)13-17/h14-16,18H,3-13H2,1-2H3. The first-order chi connectivity index (χ1) is 9.19. The lowest BCUT2D eigenvalue weighted by atomic mass is 9.49. The molecule has 4 saturated carbocycles. The second kappa shape index (κ2) is 5.73. The molecule has 0 aliphatic heterocycles. The Labute approximate surface area is 119 Å². The van der Waals surface area contributed by atoms with E-state index in [0.29, 0.717) is 0 Å². The predicted molar refractivity (Wildman–Crippen MR) is 81.3 cm³/mol. The summed E-state index contributed by atoms with van der Waals surface area (Å²) in [4.78, 5) is 2.39. The highest BCUT2D eigenvalue weighted by Crippen LogP contribution is 2.61. The van der Waals surface area contributed by atoms with E-state index >= 15 is 0 Å². The van der Waals surface area contributed by atoms with Gasteiger partial charge < -0.3 is 10.2 Å². The second-order valence-corrected chi connectivity index (χ2v) is 7.81. The smallest absolute Gasteiger partial charge is 0.0104 e. The van der Waals surface area contributed by atoms with Crippen LogP contribution in [-0.4, -0.2) is 38.1 Å². The van der Waals surface area contributed by atoms with Crippen LogP contribution in [0.4, 0.5) is 0 Å². The van der Waals surface area contributed by atoms with Crippen LogP contribution in [0.3, 0.4) is 0 Å². The number of hydrogen-bond acceptors (Lipinski definition) is 2. The lowest BCUT2D eigenvalue weighted by molar-refractivity contribution is -0.0567. The summed E-state index contributed by atoms with van der Waals surface area (Å²) in [6.07, 6.45) is 10.9. The van der Waals surface area contributed by atoms with Gasteiger partial charge in [0.2, 0.25) is 0 Å². The minimum absolute atomic E-state index is 0.762. The van der Waals surface area contributed by atoms with E-state index in [1.807, 2.05) is 0 Å². The summed E-state index contributed by atoms with van der Waals surface area (Å²) in [7, 11) is 2.21. The molecule has 4 rings (SSSR count). The van der Waals surface area contributed by atoms with E-state index in [0.717, 1.165) is 36.3 Å². The molecule has 0 unspecified atom stereocenters. The maximum absolute atomic E-state index is 3.68. The van der Waals surface area contributed by atoms with Crippen molar-refractivity contribution in [2.45, 2.75) is 51.9 Å². The highest BCUT2D eigenvalue weighted by molar-refractivity contribution is 5.01. The van der Waals surface area contributed by atoms with Crippen LogP contribution >= 0.6 is 0 Å². The summed E-state index contributed by atoms with van der Waals surface area (Å²) in [5.74, 6) is 3.33. The Hall–Kier alpha value is -0.0800. The fraction of sp³-hybridized carbons (Fsp3) is 1.00. The molecular weight excluding hydrogens is 232 g/mol. The summed E-state index contributed by atoms with van der Waals surface area (Å²) in [6.45, 7) is 7.00. The molecule has 0 spiro atoms. The highest BCUT2D eigenvalue weighted by atomic mass is 15.1. The third kappa shape index (κ3) is 3.16. The molecular formula is C17H32N2. The van der Waals surface area contributed by atoms with Gasteiger partial charge >= 0.3 is 0 Å². The molecule has 1 N–H and O–H groups in total. The average Bonchev–Trinajstić information content (AvgIpc) is 2.36. The molecule has 19 heavy (non-hydrogen) atoms. The number of likely N-dealkylation sites (N-methyl/N-ethyl adjacent to an activating group) is 1. The van der Waals surface area contributed by atoms with Crippen LogP contribution in [0.1, 0.15) is 51.9 Å². The lowest BCUT2D eigenvalue weighted by Gasteiger charge is -2.57. The van der Waals surface area contributed by atoms with Crippen molar-refractivity contribution >= 4 is 0 Å². The average molecular weight is 264 g/mol. The third-order valence-electron chi connectivity index (χ3n) is 6.21. The Morgan fingerprint density at radius 1 is 1.00 bits per heavy atom. The first-order valence-electron chi connectivity index (χ1n) is 8.58. The molecule has 0 aromatic heterocycles. The van der Waals surface area contributed by atoms with E-state index < -0.39 is 0 Å². The third-order valence-corrected chi connectivity index (χ3v) is 6.21. The zero-order valence-electron chi connectivity index (χ0n) is 13.0. The fourth-order valence-electron chi connectivity index (χ4n) is 5.50. The van der Waals surface area contributed by atoms with Gasteiger partial charge in [-0.05, 0) is 88.3 Å². The minimum atomic E-state index is 0.762. The summed E-state index contributed by atoms with van der Waals surface area (Å²) in [5.41, 5.74) is 0.762. The summed E-state index contributed by atoms with van der Waals surface area (Å²) in [6, 6.07) is 0. The van der Waals surface area contributed by atoms with Crippen LogP contribution in [0.25, 0.3) is 0 Å². The van der Waals surface area contributed by atoms with Crippen LogP contribution in [0.2, 0.25) is 0 Å². The van der Waals surface area contributed by atoms with Gasteiger partial charge in [-0.2, -0.15) is 0 Å². The molecule has 4 bridgehead atoms. The number of hydrogen-bond donors (Lipinski definition) is 1. The Balaban J connectivity index is 1.40. The molecule has 0 aromatic carbocycles. The van der Waals surface area contributed by atoms with Gasteiger partial charge in [-0.3, -0.25) is 0 Å². The maximum atomic E-state index is 3.68. The van der Waals surface area contributed by atoms with E-state index in [4.69, 9.17) is 0 Å². The molecule has 0 radical (unpaired) electrons. The summed E-state index contributed by atoms with van der Waals surface area (Å²) in [5, 5.41) is 3.68. The number of rotatable bonds is 7. The maximum Gasteiger partial charge on any atom is 0.0104 e. The van der Waals surface area contributed by atoms with Gasteiger partial charge in [-0.15, -0.1) is 0 Å². The van der Waals surface area contributed by atoms with E-state index in [9.17, 15) is 0 Å². The van der Waals surface area contributed by atoms with Crippen molar-refractivity contribution in [3.8, 4) is 0 Å². The van der Waals surface area contributed by atoms with Crippen molar-refractivity contribution in [3.63, 3.8) is 0 Å². The van der Waals surface area contributed by atoms with E-state index in [-0.39, 0.29) is 0 Å². The summed E-state index contributed by atoms with van der Waals surface area (Å²) >= 11 is 0. The van der Waals surface area contributed by atoms with E-state index in [2.05, 4.69) is 24.2 Å². The lowest BCUT2D eigenvalue weighted by Crippen LogP contribution is -2.47. The Kier molecular flexibility index (Phi) is 4.19. The van der Waals surface area contributed by atoms with E-state index in [1.165, 1.54) is 19.5 Å². The molecule has 0 atom stereocenters. The minimum Gasteiger partial charge on any atom is -0.315 e. The van der Waals surface area contributed by atoms with Gasteiger partial charge in [-0.1, -0.05) is 6.92 Å². The van der Waals surface area contributed by atoms with Crippen molar-refractivity contribution < 1.29 is 0 Å². The predicted octanol–water partition coefficient (Wildman–Crippen LogP) is 3.13. The second-order valence-electron chi connectivity index (χ2n) is 7.81. The molecule has 4 fully saturated rings. The van der Waals surface area contributed by atoms with Gasteiger partial charge in [0.25, 0.3) is 0 Å². The quantitative estimate of drug-likeness (QED) is 0.711. The van der Waals surface area contributed by atoms with Gasteiger partial charge in [-0.25, -0.2) is 0 Å². The normalized spacial score (nSPS) is 40.3. The van der Waals surface area contributed by atoms with Crippen molar-refractivity contribution in [3.05, 3.63) is 0 Å². The van der Waals surface area contributed by atoms with Gasteiger partial charge in [0.05, 0.1) is 0 Å². The molecule has 2 nitrogen and oxygen atoms in total. The van der Waals surface area contributed by atoms with Crippen LogP contribution < -0.4 is 5.32 Å². The number of nitrogens with one attached hydrogen (secondary N) is 1. The molecule has 4 aliphatic rings. The zero-order chi connectivity index (χ0) is 13.3. The molecule has 4 aliphatic carbocycles. The SMILES string of the molecule is CCN(C)CCNCCC12CC3CC(CC(C3)C1)C2. The Morgan fingerprint density at radius 2 is 1.58 bits per heavy atom. The highest BCUT2D eigenvalue weighted by Gasteiger charge is 2.50. The number of nitrogens with zero attached hydrogens (tertiary/aromatic N) is 1. The first kappa shape index (κ1) is 13.9. The largest absolute Gasteiger partial charge is 0.315 e. The zero-order valence-corrected chi connectivity index (χ0v) is 13.0.